The van der Waals surface area contributed by atoms with E-state index in [0.29, 0.717) is 11.2 Å². The van der Waals surface area contributed by atoms with E-state index in [1.54, 1.807) is 6.33 Å². The average Bonchev–Trinajstić information content (AvgIpc) is 3.00. The number of rotatable bonds is 4. The van der Waals surface area contributed by atoms with Crippen LogP contribution in [0.2, 0.25) is 0 Å². The summed E-state index contributed by atoms with van der Waals surface area (Å²) in [4.78, 5) is 12.7. The molecule has 0 aromatic carbocycles. The van der Waals surface area contributed by atoms with Crippen LogP contribution in [0.4, 0.5) is 11.8 Å². The summed E-state index contributed by atoms with van der Waals surface area (Å²) in [5.41, 5.74) is 12.3. The monoisotopic (exact) mass is 549 g/mol. The Bertz CT molecular complexity index is 872. The van der Waals surface area contributed by atoms with E-state index in [1.165, 1.54) is 18.8 Å². The molecule has 3 rings (SSSR count). The summed E-state index contributed by atoms with van der Waals surface area (Å²) in [5.74, 6) is 0.249. The van der Waals surface area contributed by atoms with Crippen LogP contribution in [0.1, 0.15) is 40.8 Å². The summed E-state index contributed by atoms with van der Waals surface area (Å²) in [6, 6.07) is 0. The van der Waals surface area contributed by atoms with Crippen LogP contribution in [0.25, 0.3) is 11.2 Å². The molecule has 2 aromatic rings. The normalized spacial score (nSPS) is 29.8. The third kappa shape index (κ3) is 3.01. The van der Waals surface area contributed by atoms with E-state index in [9.17, 15) is 0 Å². The molecule has 0 spiro atoms. The van der Waals surface area contributed by atoms with Crippen molar-refractivity contribution in [3.05, 3.63) is 6.33 Å². The molecule has 2 aromatic heterocycles. The zero-order chi connectivity index (χ0) is 19.4. The summed E-state index contributed by atoms with van der Waals surface area (Å²) in [7, 11) is 0. The number of fused-ring (bicyclic) bond motifs is 1. The van der Waals surface area contributed by atoms with Crippen LogP contribution in [0, 0.1) is 11.3 Å². The summed E-state index contributed by atoms with van der Waals surface area (Å²) < 4.78 is 14.7. The molecule has 1 fully saturated rings. The topological polar surface area (TPSA) is 114 Å². The third-order valence-electron chi connectivity index (χ3n) is 5.81. The van der Waals surface area contributed by atoms with Crippen molar-refractivity contribution in [2.45, 2.75) is 52.6 Å². The van der Waals surface area contributed by atoms with Crippen LogP contribution >= 0.6 is 5.78 Å². The van der Waals surface area contributed by atoms with Gasteiger partial charge < -0.3 is 0 Å². The Morgan fingerprint density at radius 3 is 2.62 bits per heavy atom. The van der Waals surface area contributed by atoms with Gasteiger partial charge in [-0.05, 0) is 0 Å². The molecule has 0 saturated carbocycles. The summed E-state index contributed by atoms with van der Waals surface area (Å²) in [6.45, 7) is 13.0. The minimum atomic E-state index is -0.430. The molecule has 4 N–H and O–H groups in total. The predicted octanol–water partition coefficient (Wildman–Crippen LogP) is 2.83. The van der Waals surface area contributed by atoms with Crippen LogP contribution in [0.3, 0.4) is 0 Å². The van der Waals surface area contributed by atoms with Gasteiger partial charge in [0.05, 0.1) is 0 Å². The molecular weight excluding hydrogens is 523 g/mol. The van der Waals surface area contributed by atoms with Gasteiger partial charge in [-0.15, -0.1) is 0 Å². The van der Waals surface area contributed by atoms with E-state index in [1.807, 2.05) is 4.57 Å². The molecule has 26 heavy (non-hydrogen) atoms. The molecule has 0 radical (unpaired) electrons. The molecule has 10 heteroatoms. The maximum atomic E-state index is 6.65. The summed E-state index contributed by atoms with van der Waals surface area (Å²) in [5, 5.41) is 0. The zero-order valence-corrected chi connectivity index (χ0v) is 19.8. The van der Waals surface area contributed by atoms with Crippen LogP contribution in [0.5, 0.6) is 0 Å². The third-order valence-corrected chi connectivity index (χ3v) is 7.35. The van der Waals surface area contributed by atoms with E-state index in [-0.39, 0.29) is 35.4 Å². The molecule has 8 nitrogen and oxygen atoms in total. The van der Waals surface area contributed by atoms with E-state index in [0.717, 1.165) is 0 Å². The fourth-order valence-corrected chi connectivity index (χ4v) is 5.81. The SMILES string of the molecule is CC(O[P+](C)=[W])[C@@]1(C)O[C@@H](n2cnc3c(N)nc(N)nc32)C(C)(C)[C@@H]1C. The number of imidazole rings is 1. The van der Waals surface area contributed by atoms with Gasteiger partial charge in [-0.2, -0.15) is 0 Å². The number of nitrogens with two attached hydrogens (primary N) is 2. The van der Waals surface area contributed by atoms with Crippen molar-refractivity contribution in [3.63, 3.8) is 0 Å². The minimum absolute atomic E-state index is 0.0186. The molecule has 0 amide bonds. The van der Waals surface area contributed by atoms with Gasteiger partial charge in [0.1, 0.15) is 0 Å². The number of hydrogen-bond acceptors (Lipinski definition) is 7. The van der Waals surface area contributed by atoms with Crippen LogP contribution in [0.15, 0.2) is 6.33 Å². The van der Waals surface area contributed by atoms with Gasteiger partial charge in [-0.3, -0.25) is 0 Å². The van der Waals surface area contributed by atoms with Gasteiger partial charge in [0.2, 0.25) is 0 Å². The Kier molecular flexibility index (Phi) is 5.02. The van der Waals surface area contributed by atoms with E-state index in [4.69, 9.17) is 20.7 Å². The van der Waals surface area contributed by atoms with Crippen LogP contribution < -0.4 is 11.5 Å². The van der Waals surface area contributed by atoms with Gasteiger partial charge >= 0.3 is 165 Å². The molecule has 1 aliphatic rings. The van der Waals surface area contributed by atoms with Crippen LogP contribution in [-0.2, 0) is 28.1 Å². The molecule has 142 valence electrons. The Morgan fingerprint density at radius 1 is 1.35 bits per heavy atom. The van der Waals surface area contributed by atoms with E-state index in [2.05, 4.69) is 56.2 Å². The number of ether oxygens (including phenoxy) is 1. The number of nitrogen functional groups attached to an aromatic ring is 2. The molecular formula is C16H26N6O2PW+. The Labute approximate surface area is 164 Å². The molecule has 0 bridgehead atoms. The molecule has 1 aliphatic heterocycles. The quantitative estimate of drug-likeness (QED) is 0.564. The summed E-state index contributed by atoms with van der Waals surface area (Å²) >= 11 is 1.47. The van der Waals surface area contributed by atoms with Crippen molar-refractivity contribution in [2.24, 2.45) is 11.3 Å². The van der Waals surface area contributed by atoms with Gasteiger partial charge in [-0.1, -0.05) is 0 Å². The van der Waals surface area contributed by atoms with Crippen molar-refractivity contribution in [1.29, 1.82) is 0 Å². The number of anilines is 2. The van der Waals surface area contributed by atoms with Gasteiger partial charge in [0, 0.05) is 0 Å². The Morgan fingerprint density at radius 2 is 2.00 bits per heavy atom. The molecule has 3 heterocycles. The first-order chi connectivity index (χ1) is 12.0. The fourth-order valence-electron chi connectivity index (χ4n) is 3.76. The molecule has 2 unspecified atom stereocenters. The standard InChI is InChI=1S/C16H26N6O2P.W/c1-8-15(3,4)13(23-16(8,5)9(2)24-25-6)22-7-19-10-11(17)20-14(18)21-12(10)22;/h7-9,13H,1-6H3,(H4,17,18,20,21);/q-1;+2/t8-,9?,13+,16-;/m0./s1. The second-order valence-electron chi connectivity index (χ2n) is 7.68. The predicted molar refractivity (Wildman–Crippen MR) is 99.0 cm³/mol. The van der Waals surface area contributed by atoms with E-state index >= 15 is 0 Å². The van der Waals surface area contributed by atoms with Gasteiger partial charge in [-0.25, -0.2) is 0 Å². The average molecular weight is 549 g/mol. The molecule has 1 saturated heterocycles. The maximum absolute atomic E-state index is 6.65. The fraction of sp³-hybridized carbons (Fsp3) is 0.688. The van der Waals surface area contributed by atoms with Crippen molar-refractivity contribution >= 4 is 28.7 Å². The van der Waals surface area contributed by atoms with E-state index < -0.39 is 11.4 Å². The van der Waals surface area contributed by atoms with Gasteiger partial charge in [0.15, 0.2) is 0 Å². The number of aromatic nitrogens is 4. The summed E-state index contributed by atoms with van der Waals surface area (Å²) in [6.07, 6.45) is 1.43. The molecule has 0 aliphatic carbocycles. The van der Waals surface area contributed by atoms with Crippen molar-refractivity contribution in [1.82, 2.24) is 19.5 Å². The second kappa shape index (κ2) is 6.59. The number of nitrogens with zero attached hydrogens (tertiary/aromatic N) is 4. The van der Waals surface area contributed by atoms with Crippen molar-refractivity contribution in [2.75, 3.05) is 18.1 Å². The Hall–Kier alpha value is -0.942. The number of hydrogen-bond donors (Lipinski definition) is 2. The first-order valence-electron chi connectivity index (χ1n) is 8.49. The molecule has 5 atom stereocenters. The van der Waals surface area contributed by atoms with Crippen LogP contribution in [-0.4, -0.2) is 37.9 Å². The second-order valence-corrected chi connectivity index (χ2v) is 14.3. The first-order valence-corrected chi connectivity index (χ1v) is 14.1. The van der Waals surface area contributed by atoms with Gasteiger partial charge in [0.25, 0.3) is 0 Å². The van der Waals surface area contributed by atoms with Crippen molar-refractivity contribution < 1.29 is 28.1 Å². The Balaban J connectivity index is 2.08. The zero-order valence-electron chi connectivity index (χ0n) is 15.9. The van der Waals surface area contributed by atoms with Crippen molar-refractivity contribution in [3.8, 4) is 0 Å². The first kappa shape index (κ1) is 19.8.